The highest BCUT2D eigenvalue weighted by molar-refractivity contribution is 5.64. The van der Waals surface area contributed by atoms with Gasteiger partial charge in [-0.25, -0.2) is 0 Å². The zero-order valence-corrected chi connectivity index (χ0v) is 9.30. The topological polar surface area (TPSA) is 40.1 Å². The Morgan fingerprint density at radius 3 is 2.36 bits per heavy atom. The van der Waals surface area contributed by atoms with Crippen LogP contribution in [0.2, 0.25) is 0 Å². The van der Waals surface area contributed by atoms with Crippen molar-refractivity contribution in [2.24, 2.45) is 5.92 Å². The number of carboxylic acid groups (broad SMARTS) is 1. The van der Waals surface area contributed by atoms with Crippen molar-refractivity contribution in [3.63, 3.8) is 0 Å². The van der Waals surface area contributed by atoms with Gasteiger partial charge in [0.15, 0.2) is 0 Å². The number of carboxylic acids is 1. The Hall–Kier alpha value is -1.05. The molecule has 0 aliphatic rings. The zero-order chi connectivity index (χ0) is 11.1. The highest BCUT2D eigenvalue weighted by Crippen LogP contribution is 2.20. The number of hydrogen-bond donors (Lipinski definition) is 0. The summed E-state index contributed by atoms with van der Waals surface area (Å²) in [5.41, 5.74) is 2.30. The van der Waals surface area contributed by atoms with Gasteiger partial charge in [-0.2, -0.15) is 0 Å². The molecule has 0 heterocycles. The second kappa shape index (κ2) is 6.41. The van der Waals surface area contributed by atoms with Crippen molar-refractivity contribution >= 4 is 5.97 Å². The lowest BCUT2D eigenvalue weighted by Gasteiger charge is -2.15. The molecule has 0 fully saturated rings. The summed E-state index contributed by atoms with van der Waals surface area (Å²) in [6.45, 7) is 9.88. The second-order valence-corrected chi connectivity index (χ2v) is 3.97. The van der Waals surface area contributed by atoms with E-state index >= 15 is 0 Å². The van der Waals surface area contributed by atoms with Gasteiger partial charge < -0.3 is 9.90 Å². The maximum atomic E-state index is 10.3. The van der Waals surface area contributed by atoms with E-state index in [9.17, 15) is 9.90 Å². The van der Waals surface area contributed by atoms with Gasteiger partial charge >= 0.3 is 0 Å². The summed E-state index contributed by atoms with van der Waals surface area (Å²) >= 11 is 0. The van der Waals surface area contributed by atoms with Crippen LogP contribution >= 0.6 is 0 Å². The summed E-state index contributed by atoms with van der Waals surface area (Å²) in [6.07, 6.45) is 3.75. The molecule has 0 aliphatic heterocycles. The first kappa shape index (κ1) is 12.9. The molecule has 2 heteroatoms. The van der Waals surface area contributed by atoms with Gasteiger partial charge in [-0.15, -0.1) is 0 Å². The van der Waals surface area contributed by atoms with Gasteiger partial charge in [-0.05, 0) is 46.0 Å². The molecule has 0 amide bonds. The molecule has 0 N–H and O–H groups in total. The molecule has 2 nitrogen and oxygen atoms in total. The number of carbonyl (C=O) groups is 1. The van der Waals surface area contributed by atoms with E-state index in [0.717, 1.165) is 12.0 Å². The van der Waals surface area contributed by atoms with Crippen molar-refractivity contribution < 1.29 is 9.90 Å². The molecule has 0 spiro atoms. The SMILES string of the molecule is C=C(C)C(CC=C(C)C)CCC(=O)[O-]. The van der Waals surface area contributed by atoms with Crippen LogP contribution in [0, 0.1) is 5.92 Å². The Balaban J connectivity index is 4.10. The molecule has 14 heavy (non-hydrogen) atoms. The van der Waals surface area contributed by atoms with Crippen LogP contribution in [0.5, 0.6) is 0 Å². The molecule has 0 rings (SSSR count). The van der Waals surface area contributed by atoms with E-state index in [1.165, 1.54) is 5.57 Å². The first-order valence-corrected chi connectivity index (χ1v) is 4.92. The molecule has 0 aromatic heterocycles. The molecule has 0 radical (unpaired) electrons. The summed E-state index contributed by atoms with van der Waals surface area (Å²) in [6, 6.07) is 0. The standard InChI is InChI=1S/C12H20O2/c1-9(2)5-6-11(10(3)4)7-8-12(13)14/h5,11H,3,6-8H2,1-2,4H3,(H,13,14)/p-1. The number of rotatable bonds is 6. The normalized spacial score (nSPS) is 11.9. The lowest BCUT2D eigenvalue weighted by atomic mass is 9.92. The van der Waals surface area contributed by atoms with Crippen LogP contribution in [0.1, 0.15) is 40.0 Å². The summed E-state index contributed by atoms with van der Waals surface area (Å²) in [5, 5.41) is 10.3. The molecule has 0 saturated heterocycles. The molecule has 0 bridgehead atoms. The maximum absolute atomic E-state index is 10.3. The fourth-order valence-corrected chi connectivity index (χ4v) is 1.24. The quantitative estimate of drug-likeness (QED) is 0.609. The molecule has 0 saturated carbocycles. The molecule has 0 aromatic rings. The minimum Gasteiger partial charge on any atom is -0.550 e. The van der Waals surface area contributed by atoms with Crippen LogP contribution in [0.4, 0.5) is 0 Å². The number of carbonyl (C=O) groups excluding carboxylic acids is 1. The van der Waals surface area contributed by atoms with Gasteiger partial charge in [-0.3, -0.25) is 0 Å². The fraction of sp³-hybridized carbons (Fsp3) is 0.583. The van der Waals surface area contributed by atoms with Crippen LogP contribution in [-0.2, 0) is 4.79 Å². The predicted octanol–water partition coefficient (Wildman–Crippen LogP) is 2.07. The molecule has 80 valence electrons. The minimum absolute atomic E-state index is 0.119. The van der Waals surface area contributed by atoms with E-state index in [0.29, 0.717) is 6.42 Å². The highest BCUT2D eigenvalue weighted by Gasteiger charge is 2.07. The third kappa shape index (κ3) is 6.46. The molecule has 1 atom stereocenters. The van der Waals surface area contributed by atoms with Gasteiger partial charge in [0, 0.05) is 5.97 Å². The third-order valence-electron chi connectivity index (χ3n) is 2.20. The average molecular weight is 195 g/mol. The Bertz CT molecular complexity index is 235. The molecule has 0 aliphatic carbocycles. The smallest absolute Gasteiger partial charge is 0.0414 e. The summed E-state index contributed by atoms with van der Waals surface area (Å²) in [7, 11) is 0. The minimum atomic E-state index is -0.978. The monoisotopic (exact) mass is 195 g/mol. The van der Waals surface area contributed by atoms with Crippen molar-refractivity contribution in [2.45, 2.75) is 40.0 Å². The first-order valence-electron chi connectivity index (χ1n) is 4.92. The number of hydrogen-bond acceptors (Lipinski definition) is 2. The largest absolute Gasteiger partial charge is 0.550 e. The Morgan fingerprint density at radius 2 is 2.00 bits per heavy atom. The van der Waals surface area contributed by atoms with Crippen LogP contribution in [0.3, 0.4) is 0 Å². The molecule has 0 aromatic carbocycles. The van der Waals surface area contributed by atoms with Crippen molar-refractivity contribution in [3.05, 3.63) is 23.8 Å². The van der Waals surface area contributed by atoms with Crippen molar-refractivity contribution in [1.82, 2.24) is 0 Å². The lowest BCUT2D eigenvalue weighted by molar-refractivity contribution is -0.305. The summed E-state index contributed by atoms with van der Waals surface area (Å²) < 4.78 is 0. The molecular formula is C12H19O2-. The van der Waals surface area contributed by atoms with E-state index in [2.05, 4.69) is 12.7 Å². The average Bonchev–Trinajstić information content (AvgIpc) is 2.02. The van der Waals surface area contributed by atoms with Crippen molar-refractivity contribution in [2.75, 3.05) is 0 Å². The van der Waals surface area contributed by atoms with Crippen molar-refractivity contribution in [3.8, 4) is 0 Å². The third-order valence-corrected chi connectivity index (χ3v) is 2.20. The van der Waals surface area contributed by atoms with E-state index in [-0.39, 0.29) is 12.3 Å². The number of aliphatic carboxylic acids is 1. The summed E-state index contributed by atoms with van der Waals surface area (Å²) in [5.74, 6) is -0.712. The Morgan fingerprint density at radius 1 is 1.43 bits per heavy atom. The van der Waals surface area contributed by atoms with Crippen LogP contribution in [0.15, 0.2) is 23.8 Å². The van der Waals surface area contributed by atoms with E-state index in [1.54, 1.807) is 0 Å². The van der Waals surface area contributed by atoms with Gasteiger partial charge in [0.1, 0.15) is 0 Å². The summed E-state index contributed by atoms with van der Waals surface area (Å²) in [4.78, 5) is 10.3. The zero-order valence-electron chi connectivity index (χ0n) is 9.30. The Kier molecular flexibility index (Phi) is 5.93. The maximum Gasteiger partial charge on any atom is 0.0414 e. The van der Waals surface area contributed by atoms with Gasteiger partial charge in [0.25, 0.3) is 0 Å². The van der Waals surface area contributed by atoms with E-state index in [1.807, 2.05) is 20.8 Å². The van der Waals surface area contributed by atoms with Crippen LogP contribution in [-0.4, -0.2) is 5.97 Å². The highest BCUT2D eigenvalue weighted by atomic mass is 16.4. The predicted molar refractivity (Wildman–Crippen MR) is 56.6 cm³/mol. The fourth-order valence-electron chi connectivity index (χ4n) is 1.24. The van der Waals surface area contributed by atoms with Crippen LogP contribution < -0.4 is 5.11 Å². The van der Waals surface area contributed by atoms with Gasteiger partial charge in [0.2, 0.25) is 0 Å². The molecule has 1 unspecified atom stereocenters. The lowest BCUT2D eigenvalue weighted by Crippen LogP contribution is -2.22. The first-order chi connectivity index (χ1) is 6.43. The van der Waals surface area contributed by atoms with Crippen LogP contribution in [0.25, 0.3) is 0 Å². The van der Waals surface area contributed by atoms with E-state index in [4.69, 9.17) is 0 Å². The Labute approximate surface area is 86.3 Å². The molecular weight excluding hydrogens is 176 g/mol. The second-order valence-electron chi connectivity index (χ2n) is 3.97. The van der Waals surface area contributed by atoms with Gasteiger partial charge in [-0.1, -0.05) is 23.8 Å². The van der Waals surface area contributed by atoms with Crippen molar-refractivity contribution in [1.29, 1.82) is 0 Å². The number of allylic oxidation sites excluding steroid dienone is 3. The van der Waals surface area contributed by atoms with E-state index < -0.39 is 5.97 Å². The van der Waals surface area contributed by atoms with Gasteiger partial charge in [0.05, 0.1) is 0 Å².